The molecule has 2 aromatic carbocycles. The van der Waals surface area contributed by atoms with Crippen LogP contribution in [0.5, 0.6) is 0 Å². The predicted molar refractivity (Wildman–Crippen MR) is 104 cm³/mol. The highest BCUT2D eigenvalue weighted by Crippen LogP contribution is 2.15. The third-order valence-electron chi connectivity index (χ3n) is 3.71. The third kappa shape index (κ3) is 5.60. The van der Waals surface area contributed by atoms with Gasteiger partial charge in [0.2, 0.25) is 0 Å². The van der Waals surface area contributed by atoms with Crippen LogP contribution >= 0.6 is 0 Å². The number of pyridine rings is 1. The van der Waals surface area contributed by atoms with Crippen LogP contribution in [-0.4, -0.2) is 31.6 Å². The number of nitrogens with zero attached hydrogens (tertiary/aromatic N) is 2. The minimum absolute atomic E-state index is 0.00241. The number of non-ortho nitro benzene ring substituents is 1. The van der Waals surface area contributed by atoms with Crippen molar-refractivity contribution in [3.05, 3.63) is 104 Å². The predicted octanol–water partition coefficient (Wildman–Crippen LogP) is 3.14. The summed E-state index contributed by atoms with van der Waals surface area (Å²) in [5, 5.41) is 27.8. The summed E-state index contributed by atoms with van der Waals surface area (Å²) in [5.74, 6) is -2.24. The van der Waals surface area contributed by atoms with Crippen molar-refractivity contribution in [2.45, 2.75) is 6.92 Å². The first kappa shape index (κ1) is 21.0. The van der Waals surface area contributed by atoms with Crippen molar-refractivity contribution in [3.8, 4) is 5.69 Å². The van der Waals surface area contributed by atoms with Crippen LogP contribution in [0.4, 0.5) is 5.69 Å². The Hall–Kier alpha value is -4.27. The standard InChI is InChI=1S/C11H8N2O3.C9H8O4/c14-11-6-1-2-7-12(11)9-4-3-5-10(8-9)13(15)16;1-5-2-6(8(10)11)4-7(3-5)9(12)13/h1-8H;2-4H,1H3,(H,10,11)(H,12,13). The Morgan fingerprint density at radius 3 is 2.07 bits per heavy atom. The Bertz CT molecular complexity index is 1100. The topological polar surface area (TPSA) is 140 Å². The van der Waals surface area contributed by atoms with Gasteiger partial charge in [0.15, 0.2) is 0 Å². The first-order valence-corrected chi connectivity index (χ1v) is 8.20. The molecule has 0 atom stereocenters. The molecule has 0 fully saturated rings. The van der Waals surface area contributed by atoms with Crippen LogP contribution in [0, 0.1) is 17.0 Å². The summed E-state index contributed by atoms with van der Waals surface area (Å²) in [6, 6.07) is 14.6. The molecule has 9 nitrogen and oxygen atoms in total. The van der Waals surface area contributed by atoms with Crippen molar-refractivity contribution < 1.29 is 24.7 Å². The number of carbonyl (C=O) groups is 2. The highest BCUT2D eigenvalue weighted by atomic mass is 16.6. The first-order chi connectivity index (χ1) is 13.7. The van der Waals surface area contributed by atoms with E-state index in [2.05, 4.69) is 0 Å². The van der Waals surface area contributed by atoms with Gasteiger partial charge in [0.25, 0.3) is 11.2 Å². The maximum atomic E-state index is 11.5. The smallest absolute Gasteiger partial charge is 0.335 e. The number of hydrogen-bond acceptors (Lipinski definition) is 5. The lowest BCUT2D eigenvalue weighted by molar-refractivity contribution is -0.384. The van der Waals surface area contributed by atoms with Crippen molar-refractivity contribution in [1.82, 2.24) is 4.57 Å². The molecule has 0 saturated carbocycles. The molecule has 148 valence electrons. The van der Waals surface area contributed by atoms with E-state index >= 15 is 0 Å². The zero-order valence-electron chi connectivity index (χ0n) is 15.2. The van der Waals surface area contributed by atoms with Crippen molar-refractivity contribution in [1.29, 1.82) is 0 Å². The number of carboxylic acid groups (broad SMARTS) is 2. The Labute approximate surface area is 164 Å². The van der Waals surface area contributed by atoms with Gasteiger partial charge >= 0.3 is 11.9 Å². The monoisotopic (exact) mass is 396 g/mol. The molecule has 0 radical (unpaired) electrons. The molecule has 9 heteroatoms. The number of nitro benzene ring substituents is 1. The fourth-order valence-electron chi connectivity index (χ4n) is 2.43. The van der Waals surface area contributed by atoms with Crippen molar-refractivity contribution >= 4 is 17.6 Å². The summed E-state index contributed by atoms with van der Waals surface area (Å²) in [7, 11) is 0. The zero-order valence-corrected chi connectivity index (χ0v) is 15.2. The summed E-state index contributed by atoms with van der Waals surface area (Å²) >= 11 is 0. The van der Waals surface area contributed by atoms with Gasteiger partial charge in [0, 0.05) is 24.4 Å². The maximum Gasteiger partial charge on any atom is 0.335 e. The lowest BCUT2D eigenvalue weighted by Crippen LogP contribution is -2.15. The van der Waals surface area contributed by atoms with E-state index in [0.717, 1.165) is 6.07 Å². The molecule has 0 spiro atoms. The van der Waals surface area contributed by atoms with Crippen LogP contribution in [0.3, 0.4) is 0 Å². The van der Waals surface area contributed by atoms with E-state index in [1.165, 1.54) is 34.9 Å². The first-order valence-electron chi connectivity index (χ1n) is 8.20. The lowest BCUT2D eigenvalue weighted by atomic mass is 10.1. The van der Waals surface area contributed by atoms with Crippen LogP contribution in [0.15, 0.2) is 71.7 Å². The quantitative estimate of drug-likeness (QED) is 0.510. The molecule has 0 unspecified atom stereocenters. The van der Waals surface area contributed by atoms with Crippen molar-refractivity contribution in [3.63, 3.8) is 0 Å². The van der Waals surface area contributed by atoms with E-state index in [9.17, 15) is 24.5 Å². The molecule has 2 N–H and O–H groups in total. The fraction of sp³-hybridized carbons (Fsp3) is 0.0500. The summed E-state index contributed by atoms with van der Waals surface area (Å²) in [4.78, 5) is 42.7. The number of carboxylic acids is 2. The average Bonchev–Trinajstić information content (AvgIpc) is 2.68. The van der Waals surface area contributed by atoms with E-state index in [0.29, 0.717) is 11.3 Å². The zero-order chi connectivity index (χ0) is 21.6. The molecule has 3 aromatic rings. The molecule has 0 bridgehead atoms. The SMILES string of the molecule is Cc1cc(C(=O)O)cc(C(=O)O)c1.O=c1ccccn1-c1cccc([N+](=O)[O-])c1. The normalized spacial score (nSPS) is 9.83. The number of aromatic carboxylic acids is 2. The van der Waals surface area contributed by atoms with E-state index in [-0.39, 0.29) is 22.4 Å². The molecule has 0 aliphatic heterocycles. The van der Waals surface area contributed by atoms with Gasteiger partial charge in [-0.2, -0.15) is 0 Å². The summed E-state index contributed by atoms with van der Waals surface area (Å²) in [5.41, 5.74) is 0.850. The number of benzene rings is 2. The van der Waals surface area contributed by atoms with Gasteiger partial charge in [0.1, 0.15) is 0 Å². The van der Waals surface area contributed by atoms with Gasteiger partial charge in [0.05, 0.1) is 21.7 Å². The van der Waals surface area contributed by atoms with Gasteiger partial charge < -0.3 is 10.2 Å². The molecule has 0 aliphatic carbocycles. The molecular weight excluding hydrogens is 380 g/mol. The van der Waals surface area contributed by atoms with Gasteiger partial charge in [-0.1, -0.05) is 12.1 Å². The van der Waals surface area contributed by atoms with Crippen molar-refractivity contribution in [2.75, 3.05) is 0 Å². The molecule has 0 aliphatic rings. The Morgan fingerprint density at radius 2 is 1.55 bits per heavy atom. The van der Waals surface area contributed by atoms with Crippen LogP contribution in [-0.2, 0) is 0 Å². The number of aryl methyl sites for hydroxylation is 1. The summed E-state index contributed by atoms with van der Waals surface area (Å²) < 4.78 is 1.35. The minimum Gasteiger partial charge on any atom is -0.478 e. The molecule has 3 rings (SSSR count). The third-order valence-corrected chi connectivity index (χ3v) is 3.71. The van der Waals surface area contributed by atoms with E-state index < -0.39 is 16.9 Å². The fourth-order valence-corrected chi connectivity index (χ4v) is 2.43. The van der Waals surface area contributed by atoms with E-state index in [4.69, 9.17) is 10.2 Å². The number of rotatable bonds is 4. The Kier molecular flexibility index (Phi) is 6.59. The van der Waals surface area contributed by atoms with Crippen molar-refractivity contribution in [2.24, 2.45) is 0 Å². The average molecular weight is 396 g/mol. The van der Waals surface area contributed by atoms with E-state index in [1.54, 1.807) is 37.4 Å². The van der Waals surface area contributed by atoms with Gasteiger partial charge in [-0.3, -0.25) is 19.5 Å². The maximum absolute atomic E-state index is 11.5. The second kappa shape index (κ2) is 9.09. The molecule has 0 amide bonds. The Morgan fingerprint density at radius 1 is 0.931 bits per heavy atom. The second-order valence-corrected chi connectivity index (χ2v) is 5.88. The molecule has 0 saturated heterocycles. The molecule has 1 aromatic heterocycles. The molecule has 29 heavy (non-hydrogen) atoms. The van der Waals surface area contributed by atoms with Gasteiger partial charge in [-0.05, 0) is 42.8 Å². The van der Waals surface area contributed by atoms with Crippen LogP contribution in [0.1, 0.15) is 26.3 Å². The van der Waals surface area contributed by atoms with Crippen LogP contribution in [0.25, 0.3) is 5.69 Å². The van der Waals surface area contributed by atoms with Gasteiger partial charge in [-0.25, -0.2) is 9.59 Å². The largest absolute Gasteiger partial charge is 0.478 e. The highest BCUT2D eigenvalue weighted by Gasteiger charge is 2.09. The second-order valence-electron chi connectivity index (χ2n) is 5.88. The molecule has 1 heterocycles. The van der Waals surface area contributed by atoms with Gasteiger partial charge in [-0.15, -0.1) is 0 Å². The minimum atomic E-state index is -1.12. The number of nitro groups is 1. The summed E-state index contributed by atoms with van der Waals surface area (Å²) in [6.45, 7) is 1.65. The van der Waals surface area contributed by atoms with Crippen LogP contribution in [0.2, 0.25) is 0 Å². The highest BCUT2D eigenvalue weighted by molar-refractivity contribution is 5.94. The van der Waals surface area contributed by atoms with Crippen LogP contribution < -0.4 is 5.56 Å². The van der Waals surface area contributed by atoms with E-state index in [1.807, 2.05) is 0 Å². The number of aromatic nitrogens is 1. The summed E-state index contributed by atoms with van der Waals surface area (Å²) in [6.07, 6.45) is 1.57. The Balaban J connectivity index is 0.000000212. The number of hydrogen-bond donors (Lipinski definition) is 2. The molecular formula is C20H16N2O7. The lowest BCUT2D eigenvalue weighted by Gasteiger charge is -2.03.